The third-order valence-electron chi connectivity index (χ3n) is 2.56. The standard InChI is InChI=1S/C10H12ClF2N3O/c11-7-3-15-16(5-6-1-2-6)10(17)9(7)14-4-8(12)13/h3,6,8,14H,1-2,4-5H2. The average Bonchev–Trinajstić information content (AvgIpc) is 3.05. The number of alkyl halides is 2. The first-order valence-corrected chi connectivity index (χ1v) is 5.73. The van der Waals surface area contributed by atoms with Gasteiger partial charge in [-0.2, -0.15) is 5.10 Å². The van der Waals surface area contributed by atoms with Crippen LogP contribution in [0.25, 0.3) is 0 Å². The van der Waals surface area contributed by atoms with E-state index in [1.54, 1.807) is 0 Å². The SMILES string of the molecule is O=c1c(NCC(F)F)c(Cl)cnn1CC1CC1. The van der Waals surface area contributed by atoms with E-state index in [-0.39, 0.29) is 10.7 Å². The Balaban J connectivity index is 2.19. The van der Waals surface area contributed by atoms with Gasteiger partial charge in [-0.15, -0.1) is 0 Å². The summed E-state index contributed by atoms with van der Waals surface area (Å²) in [6, 6.07) is 0. The number of rotatable bonds is 5. The molecule has 0 saturated heterocycles. The Labute approximate surface area is 102 Å². The molecular formula is C10H12ClF2N3O. The molecule has 0 amide bonds. The van der Waals surface area contributed by atoms with Gasteiger partial charge in [0, 0.05) is 6.54 Å². The Morgan fingerprint density at radius 3 is 2.88 bits per heavy atom. The van der Waals surface area contributed by atoms with Crippen molar-refractivity contribution in [2.75, 3.05) is 11.9 Å². The summed E-state index contributed by atoms with van der Waals surface area (Å²) >= 11 is 5.75. The molecule has 0 aromatic carbocycles. The maximum atomic E-state index is 12.1. The van der Waals surface area contributed by atoms with Crippen molar-refractivity contribution in [3.8, 4) is 0 Å². The first-order valence-electron chi connectivity index (χ1n) is 5.35. The summed E-state index contributed by atoms with van der Waals surface area (Å²) in [5, 5.41) is 6.32. The normalized spacial score (nSPS) is 15.3. The van der Waals surface area contributed by atoms with Gasteiger partial charge in [0.1, 0.15) is 5.69 Å². The molecule has 0 radical (unpaired) electrons. The summed E-state index contributed by atoms with van der Waals surface area (Å²) in [6.45, 7) is -0.0677. The van der Waals surface area contributed by atoms with E-state index in [0.29, 0.717) is 12.5 Å². The zero-order valence-corrected chi connectivity index (χ0v) is 9.75. The second-order valence-electron chi connectivity index (χ2n) is 4.07. The van der Waals surface area contributed by atoms with E-state index in [2.05, 4.69) is 10.4 Å². The van der Waals surface area contributed by atoms with Crippen molar-refractivity contribution in [3.05, 3.63) is 21.6 Å². The second-order valence-corrected chi connectivity index (χ2v) is 4.48. The van der Waals surface area contributed by atoms with Crippen LogP contribution in [0.1, 0.15) is 12.8 Å². The lowest BCUT2D eigenvalue weighted by Crippen LogP contribution is -2.28. The molecule has 1 aromatic rings. The van der Waals surface area contributed by atoms with Gasteiger partial charge < -0.3 is 5.32 Å². The number of nitrogens with one attached hydrogen (secondary N) is 1. The highest BCUT2D eigenvalue weighted by atomic mass is 35.5. The number of hydrogen-bond donors (Lipinski definition) is 1. The first-order chi connectivity index (χ1) is 8.08. The summed E-state index contributed by atoms with van der Waals surface area (Å²) in [5.41, 5.74) is -0.437. The van der Waals surface area contributed by atoms with Crippen molar-refractivity contribution in [2.45, 2.75) is 25.8 Å². The minimum atomic E-state index is -2.53. The van der Waals surface area contributed by atoms with Crippen LogP contribution in [-0.2, 0) is 6.54 Å². The molecule has 1 heterocycles. The van der Waals surface area contributed by atoms with Gasteiger partial charge >= 0.3 is 0 Å². The van der Waals surface area contributed by atoms with E-state index in [4.69, 9.17) is 11.6 Å². The highest BCUT2D eigenvalue weighted by molar-refractivity contribution is 6.32. The Morgan fingerprint density at radius 1 is 1.59 bits per heavy atom. The molecule has 94 valence electrons. The van der Waals surface area contributed by atoms with Gasteiger partial charge in [0.2, 0.25) is 0 Å². The molecule has 7 heteroatoms. The Morgan fingerprint density at radius 2 is 2.29 bits per heavy atom. The summed E-state index contributed by atoms with van der Waals surface area (Å²) in [6.07, 6.45) is 0.933. The largest absolute Gasteiger partial charge is 0.374 e. The zero-order valence-electron chi connectivity index (χ0n) is 9.00. The van der Waals surface area contributed by atoms with E-state index >= 15 is 0 Å². The molecular weight excluding hydrogens is 252 g/mol. The van der Waals surface area contributed by atoms with E-state index in [1.165, 1.54) is 10.9 Å². The number of hydrogen-bond acceptors (Lipinski definition) is 3. The van der Waals surface area contributed by atoms with Gasteiger partial charge in [-0.1, -0.05) is 11.6 Å². The Kier molecular flexibility index (Phi) is 3.61. The van der Waals surface area contributed by atoms with E-state index in [9.17, 15) is 13.6 Å². The topological polar surface area (TPSA) is 46.9 Å². The van der Waals surface area contributed by atoms with Gasteiger partial charge in [0.25, 0.3) is 12.0 Å². The molecule has 1 aliphatic rings. The molecule has 1 aliphatic carbocycles. The van der Waals surface area contributed by atoms with Crippen LogP contribution >= 0.6 is 11.6 Å². The molecule has 17 heavy (non-hydrogen) atoms. The summed E-state index contributed by atoms with van der Waals surface area (Å²) in [5.74, 6) is 0.476. The Bertz CT molecular complexity index is 459. The van der Waals surface area contributed by atoms with Gasteiger partial charge in [-0.05, 0) is 18.8 Å². The van der Waals surface area contributed by atoms with Crippen LogP contribution in [0.5, 0.6) is 0 Å². The Hall–Kier alpha value is -1.17. The zero-order chi connectivity index (χ0) is 12.4. The molecule has 1 saturated carbocycles. The molecule has 0 unspecified atom stereocenters. The van der Waals surface area contributed by atoms with Crippen LogP contribution in [-0.4, -0.2) is 22.8 Å². The van der Waals surface area contributed by atoms with E-state index in [1.807, 2.05) is 0 Å². The maximum absolute atomic E-state index is 12.1. The van der Waals surface area contributed by atoms with Crippen molar-refractivity contribution in [3.63, 3.8) is 0 Å². The van der Waals surface area contributed by atoms with Gasteiger partial charge in [0.15, 0.2) is 0 Å². The molecule has 0 atom stereocenters. The molecule has 0 spiro atoms. The highest BCUT2D eigenvalue weighted by Crippen LogP contribution is 2.30. The van der Waals surface area contributed by atoms with Crippen LogP contribution in [0.2, 0.25) is 5.02 Å². The lowest BCUT2D eigenvalue weighted by Gasteiger charge is -2.09. The lowest BCUT2D eigenvalue weighted by molar-refractivity contribution is 0.163. The summed E-state index contributed by atoms with van der Waals surface area (Å²) in [7, 11) is 0. The smallest absolute Gasteiger partial charge is 0.291 e. The molecule has 2 rings (SSSR count). The van der Waals surface area contributed by atoms with Crippen molar-refractivity contribution < 1.29 is 8.78 Å². The number of anilines is 1. The monoisotopic (exact) mass is 263 g/mol. The predicted molar refractivity (Wildman–Crippen MR) is 60.7 cm³/mol. The second kappa shape index (κ2) is 5.00. The summed E-state index contributed by atoms with van der Waals surface area (Å²) in [4.78, 5) is 11.9. The minimum absolute atomic E-state index is 0.00242. The van der Waals surface area contributed by atoms with Crippen LogP contribution in [0.15, 0.2) is 11.0 Å². The molecule has 1 N–H and O–H groups in total. The van der Waals surface area contributed by atoms with Crippen molar-refractivity contribution >= 4 is 17.3 Å². The quantitative estimate of drug-likeness (QED) is 0.884. The molecule has 0 aliphatic heterocycles. The van der Waals surface area contributed by atoms with Crippen molar-refractivity contribution in [1.29, 1.82) is 0 Å². The number of nitrogens with zero attached hydrogens (tertiary/aromatic N) is 2. The van der Waals surface area contributed by atoms with Crippen LogP contribution < -0.4 is 10.9 Å². The molecule has 4 nitrogen and oxygen atoms in total. The lowest BCUT2D eigenvalue weighted by atomic mass is 10.4. The minimum Gasteiger partial charge on any atom is -0.374 e. The average molecular weight is 264 g/mol. The van der Waals surface area contributed by atoms with Crippen LogP contribution in [0.3, 0.4) is 0 Å². The maximum Gasteiger partial charge on any atom is 0.291 e. The summed E-state index contributed by atoms with van der Waals surface area (Å²) < 4.78 is 25.4. The fourth-order valence-corrected chi connectivity index (χ4v) is 1.67. The van der Waals surface area contributed by atoms with Crippen LogP contribution in [0.4, 0.5) is 14.5 Å². The van der Waals surface area contributed by atoms with Crippen molar-refractivity contribution in [1.82, 2.24) is 9.78 Å². The molecule has 1 aromatic heterocycles. The van der Waals surface area contributed by atoms with Gasteiger partial charge in [0.05, 0.1) is 17.8 Å². The predicted octanol–water partition coefficient (Wildman–Crippen LogP) is 1.98. The highest BCUT2D eigenvalue weighted by Gasteiger charge is 2.23. The third-order valence-corrected chi connectivity index (χ3v) is 2.85. The van der Waals surface area contributed by atoms with E-state index < -0.39 is 18.5 Å². The fraction of sp³-hybridized carbons (Fsp3) is 0.600. The third kappa shape index (κ3) is 3.15. The molecule has 1 fully saturated rings. The van der Waals surface area contributed by atoms with Gasteiger partial charge in [-0.25, -0.2) is 13.5 Å². The fourth-order valence-electron chi connectivity index (χ4n) is 1.48. The molecule has 0 bridgehead atoms. The van der Waals surface area contributed by atoms with Crippen LogP contribution in [0, 0.1) is 5.92 Å². The van der Waals surface area contributed by atoms with Gasteiger partial charge in [-0.3, -0.25) is 4.79 Å². The number of halogens is 3. The van der Waals surface area contributed by atoms with Crippen molar-refractivity contribution in [2.24, 2.45) is 5.92 Å². The van der Waals surface area contributed by atoms with E-state index in [0.717, 1.165) is 12.8 Å². The number of aromatic nitrogens is 2. The first kappa shape index (κ1) is 12.3.